The van der Waals surface area contributed by atoms with Gasteiger partial charge in [0.05, 0.1) is 5.52 Å². The van der Waals surface area contributed by atoms with Crippen LogP contribution < -0.4 is 4.74 Å². The van der Waals surface area contributed by atoms with E-state index in [1.54, 1.807) is 6.07 Å². The summed E-state index contributed by atoms with van der Waals surface area (Å²) in [6, 6.07) is 21.9. The molecule has 1 saturated carbocycles. The molecule has 0 unspecified atom stereocenters. The zero-order chi connectivity index (χ0) is 23.8. The minimum absolute atomic E-state index is 0.187. The van der Waals surface area contributed by atoms with Crippen LogP contribution in [-0.2, 0) is 6.61 Å². The molecule has 0 amide bonds. The van der Waals surface area contributed by atoms with Crippen molar-refractivity contribution in [3.63, 3.8) is 0 Å². The molecule has 1 fully saturated rings. The fourth-order valence-corrected chi connectivity index (χ4v) is 5.31. The molecule has 0 radical (unpaired) electrons. The van der Waals surface area contributed by atoms with Gasteiger partial charge in [-0.1, -0.05) is 44.2 Å². The zero-order valence-corrected chi connectivity index (χ0v) is 20.1. The van der Waals surface area contributed by atoms with Crippen LogP contribution in [0.1, 0.15) is 60.9 Å². The van der Waals surface area contributed by atoms with Gasteiger partial charge in [-0.2, -0.15) is 0 Å². The first-order chi connectivity index (χ1) is 16.5. The monoisotopic (exact) mass is 457 g/mol. The van der Waals surface area contributed by atoms with E-state index in [1.807, 2.05) is 43.3 Å². The number of aliphatic hydroxyl groups is 1. The Kier molecular flexibility index (Phi) is 6.18. The number of halogens is 1. The maximum atomic E-state index is 14.1. The third kappa shape index (κ3) is 4.12. The van der Waals surface area contributed by atoms with Gasteiger partial charge in [-0.3, -0.25) is 0 Å². The Morgan fingerprint density at radius 1 is 1.03 bits per heavy atom. The molecule has 3 aromatic carbocycles. The van der Waals surface area contributed by atoms with Gasteiger partial charge in [0.2, 0.25) is 0 Å². The minimum atomic E-state index is -0.187. The van der Waals surface area contributed by atoms with Gasteiger partial charge in [-0.15, -0.1) is 0 Å². The molecule has 1 N–H and O–H groups in total. The molecular formula is C30H32FNO2. The quantitative estimate of drug-likeness (QED) is 0.317. The van der Waals surface area contributed by atoms with Gasteiger partial charge in [0.25, 0.3) is 0 Å². The molecule has 0 saturated heterocycles. The molecular weight excluding hydrogens is 425 g/mol. The molecule has 0 aliphatic heterocycles. The number of fused-ring (bicyclic) bond motifs is 1. The Morgan fingerprint density at radius 3 is 2.47 bits per heavy atom. The molecule has 4 aromatic rings. The lowest BCUT2D eigenvalue weighted by Gasteiger charge is -2.35. The van der Waals surface area contributed by atoms with Crippen molar-refractivity contribution < 1.29 is 14.2 Å². The molecule has 1 aliphatic rings. The standard InChI is InChI=1S/C30H32FNO2/c1-19(2)30-29(23-14-22(15-23)17-33)26-16-25(34-18-21-7-5-4-6-8-21)10-12-28(26)32(30)24-9-11-27(31)20(3)13-24/h4-13,16,19,22-23,33H,14-15,17-18H2,1-3H3. The van der Waals surface area contributed by atoms with Crippen molar-refractivity contribution in [1.82, 2.24) is 4.57 Å². The van der Waals surface area contributed by atoms with Crippen LogP contribution in [0.5, 0.6) is 5.75 Å². The summed E-state index contributed by atoms with van der Waals surface area (Å²) in [7, 11) is 0. The number of nitrogens with zero attached hydrogens (tertiary/aromatic N) is 1. The van der Waals surface area contributed by atoms with Gasteiger partial charge in [-0.25, -0.2) is 4.39 Å². The second-order valence-corrected chi connectivity index (χ2v) is 9.89. The van der Waals surface area contributed by atoms with Crippen LogP contribution in [-0.4, -0.2) is 16.3 Å². The van der Waals surface area contributed by atoms with E-state index < -0.39 is 0 Å². The number of aliphatic hydroxyl groups excluding tert-OH is 1. The van der Waals surface area contributed by atoms with E-state index in [0.717, 1.165) is 35.4 Å². The molecule has 0 bridgehead atoms. The van der Waals surface area contributed by atoms with Gasteiger partial charge in [0.1, 0.15) is 18.2 Å². The summed E-state index contributed by atoms with van der Waals surface area (Å²) in [5.74, 6) is 1.72. The molecule has 0 atom stereocenters. The highest BCUT2D eigenvalue weighted by Gasteiger charge is 2.35. The lowest BCUT2D eigenvalue weighted by molar-refractivity contribution is 0.142. The van der Waals surface area contributed by atoms with Gasteiger partial charge in [-0.05, 0) is 90.6 Å². The summed E-state index contributed by atoms with van der Waals surface area (Å²) in [6.45, 7) is 7.02. The van der Waals surface area contributed by atoms with Crippen LogP contribution in [0, 0.1) is 18.7 Å². The maximum absolute atomic E-state index is 14.1. The highest BCUT2D eigenvalue weighted by atomic mass is 19.1. The highest BCUT2D eigenvalue weighted by Crippen LogP contribution is 2.49. The van der Waals surface area contributed by atoms with Gasteiger partial charge >= 0.3 is 0 Å². The first-order valence-corrected chi connectivity index (χ1v) is 12.2. The first-order valence-electron chi connectivity index (χ1n) is 12.2. The number of ether oxygens (including phenoxy) is 1. The number of benzene rings is 3. The van der Waals surface area contributed by atoms with Gasteiger partial charge < -0.3 is 14.4 Å². The molecule has 176 valence electrons. The SMILES string of the molecule is Cc1cc(-n2c(C(C)C)c(C3CC(CO)C3)c3cc(OCc4ccccc4)ccc32)ccc1F. The summed E-state index contributed by atoms with van der Waals surface area (Å²) < 4.78 is 22.6. The summed E-state index contributed by atoms with van der Waals surface area (Å²) in [4.78, 5) is 0. The third-order valence-corrected chi connectivity index (χ3v) is 7.11. The number of aryl methyl sites for hydroxylation is 1. The number of aromatic nitrogens is 1. The van der Waals surface area contributed by atoms with Crippen molar-refractivity contribution in [3.8, 4) is 11.4 Å². The zero-order valence-electron chi connectivity index (χ0n) is 20.1. The lowest BCUT2D eigenvalue weighted by atomic mass is 9.70. The predicted molar refractivity (Wildman–Crippen MR) is 135 cm³/mol. The predicted octanol–water partition coefficient (Wildman–Crippen LogP) is 7.27. The number of hydrogen-bond donors (Lipinski definition) is 1. The highest BCUT2D eigenvalue weighted by molar-refractivity contribution is 5.89. The minimum Gasteiger partial charge on any atom is -0.489 e. The molecule has 3 nitrogen and oxygen atoms in total. The average Bonchev–Trinajstić information content (AvgIpc) is 3.14. The van der Waals surface area contributed by atoms with Crippen LogP contribution in [0.4, 0.5) is 4.39 Å². The van der Waals surface area contributed by atoms with Crippen molar-refractivity contribution in [2.24, 2.45) is 5.92 Å². The summed E-state index contributed by atoms with van der Waals surface area (Å²) in [5.41, 5.74) is 6.49. The fourth-order valence-electron chi connectivity index (χ4n) is 5.31. The Bertz CT molecular complexity index is 1300. The van der Waals surface area contributed by atoms with Gasteiger partial charge in [0.15, 0.2) is 0 Å². The van der Waals surface area contributed by atoms with Crippen LogP contribution in [0.15, 0.2) is 66.7 Å². The van der Waals surface area contributed by atoms with Crippen molar-refractivity contribution >= 4 is 10.9 Å². The third-order valence-electron chi connectivity index (χ3n) is 7.11. The van der Waals surface area contributed by atoms with Crippen LogP contribution in [0.3, 0.4) is 0 Å². The Hall–Kier alpha value is -3.11. The van der Waals surface area contributed by atoms with E-state index in [2.05, 4.69) is 42.7 Å². The molecule has 34 heavy (non-hydrogen) atoms. The van der Waals surface area contributed by atoms with Crippen molar-refractivity contribution in [1.29, 1.82) is 0 Å². The summed E-state index contributed by atoms with van der Waals surface area (Å²) in [5, 5.41) is 10.8. The largest absolute Gasteiger partial charge is 0.489 e. The average molecular weight is 458 g/mol. The topological polar surface area (TPSA) is 34.4 Å². The van der Waals surface area contributed by atoms with E-state index in [9.17, 15) is 9.50 Å². The normalized spacial score (nSPS) is 17.8. The van der Waals surface area contributed by atoms with E-state index in [0.29, 0.717) is 24.0 Å². The van der Waals surface area contributed by atoms with E-state index >= 15 is 0 Å². The van der Waals surface area contributed by atoms with Crippen LogP contribution in [0.25, 0.3) is 16.6 Å². The van der Waals surface area contributed by atoms with Gasteiger partial charge in [0, 0.05) is 23.4 Å². The van der Waals surface area contributed by atoms with Crippen molar-refractivity contribution in [3.05, 3.63) is 94.9 Å². The Labute approximate surface area is 200 Å². The fraction of sp³-hybridized carbons (Fsp3) is 0.333. The maximum Gasteiger partial charge on any atom is 0.126 e. The Balaban J connectivity index is 1.64. The van der Waals surface area contributed by atoms with E-state index in [-0.39, 0.29) is 18.3 Å². The first kappa shape index (κ1) is 22.7. The van der Waals surface area contributed by atoms with E-state index in [4.69, 9.17) is 4.74 Å². The smallest absolute Gasteiger partial charge is 0.126 e. The second kappa shape index (κ2) is 9.27. The van der Waals surface area contributed by atoms with Crippen LogP contribution in [0.2, 0.25) is 0 Å². The molecule has 5 rings (SSSR count). The number of hydrogen-bond acceptors (Lipinski definition) is 2. The molecule has 1 heterocycles. The second-order valence-electron chi connectivity index (χ2n) is 9.89. The van der Waals surface area contributed by atoms with Crippen molar-refractivity contribution in [2.45, 2.75) is 52.1 Å². The van der Waals surface area contributed by atoms with E-state index in [1.165, 1.54) is 16.6 Å². The Morgan fingerprint density at radius 2 is 1.79 bits per heavy atom. The van der Waals surface area contributed by atoms with Crippen molar-refractivity contribution in [2.75, 3.05) is 6.61 Å². The molecule has 0 spiro atoms. The molecule has 4 heteroatoms. The summed E-state index contributed by atoms with van der Waals surface area (Å²) in [6.07, 6.45) is 1.99. The number of rotatable bonds is 7. The molecule has 1 aliphatic carbocycles. The van der Waals surface area contributed by atoms with Crippen LogP contribution >= 0.6 is 0 Å². The molecule has 1 aromatic heterocycles. The summed E-state index contributed by atoms with van der Waals surface area (Å²) >= 11 is 0. The lowest BCUT2D eigenvalue weighted by Crippen LogP contribution is -2.25.